The Hall–Kier alpha value is -3.92. The van der Waals surface area contributed by atoms with Crippen LogP contribution in [0.3, 0.4) is 0 Å². The molecule has 0 saturated carbocycles. The summed E-state index contributed by atoms with van der Waals surface area (Å²) < 4.78 is 32.5. The van der Waals surface area contributed by atoms with E-state index in [4.69, 9.17) is 14.2 Å². The van der Waals surface area contributed by atoms with Gasteiger partial charge in [-0.3, -0.25) is 4.79 Å². The third kappa shape index (κ3) is 5.50. The molecule has 4 aromatic rings. The number of H-pyrrole nitrogens is 1. The number of aromatic amines is 1. The van der Waals surface area contributed by atoms with E-state index in [1.165, 1.54) is 6.33 Å². The first-order chi connectivity index (χ1) is 18.4. The minimum Gasteiger partial charge on any atom is -0.493 e. The van der Waals surface area contributed by atoms with Crippen LogP contribution in [0, 0.1) is 12.7 Å². The van der Waals surface area contributed by atoms with E-state index in [0.29, 0.717) is 65.8 Å². The summed E-state index contributed by atoms with van der Waals surface area (Å²) in [6.07, 6.45) is 4.49. The molecule has 200 valence electrons. The molecule has 9 nitrogen and oxygen atoms in total. The Morgan fingerprint density at radius 1 is 1.13 bits per heavy atom. The number of fused-ring (bicyclic) bond motifs is 2. The number of amides is 1. The molecular weight excluding hydrogens is 491 g/mol. The number of hydrogen-bond donors (Lipinski definition) is 2. The summed E-state index contributed by atoms with van der Waals surface area (Å²) in [5.41, 5.74) is 2.13. The molecule has 0 aliphatic carbocycles. The number of unbranched alkanes of at least 4 members (excludes halogenated alkanes) is 2. The van der Waals surface area contributed by atoms with Crippen LogP contribution in [0.1, 0.15) is 37.8 Å². The van der Waals surface area contributed by atoms with Gasteiger partial charge < -0.3 is 29.2 Å². The van der Waals surface area contributed by atoms with Crippen LogP contribution in [0.5, 0.6) is 23.1 Å². The number of nitrogens with one attached hydrogen (secondary N) is 1. The van der Waals surface area contributed by atoms with E-state index in [1.54, 1.807) is 42.3 Å². The fourth-order valence-corrected chi connectivity index (χ4v) is 4.73. The van der Waals surface area contributed by atoms with Gasteiger partial charge >= 0.3 is 0 Å². The van der Waals surface area contributed by atoms with Gasteiger partial charge in [0.15, 0.2) is 23.1 Å². The lowest BCUT2D eigenvalue weighted by molar-refractivity contribution is -0.130. The van der Waals surface area contributed by atoms with Crippen LogP contribution in [0.2, 0.25) is 0 Å². The van der Waals surface area contributed by atoms with Crippen molar-refractivity contribution in [3.63, 3.8) is 0 Å². The number of aryl methyl sites for hydroxylation is 1. The molecule has 1 amide bonds. The molecule has 2 aromatic heterocycles. The SMILES string of the molecule is COc1cc2c(Oc3ccc4[nH]c(C)cc4c3F)ncnc2cc1OCCCCCC(=O)N1CCC(O)C1. The Kier molecular flexibility index (Phi) is 7.59. The van der Waals surface area contributed by atoms with Crippen LogP contribution in [0.25, 0.3) is 21.8 Å². The van der Waals surface area contributed by atoms with Gasteiger partial charge in [0.2, 0.25) is 11.8 Å². The molecule has 1 fully saturated rings. The number of aliphatic hydroxyl groups is 1. The quantitative estimate of drug-likeness (QED) is 0.285. The number of carbonyl (C=O) groups excluding carboxylic acids is 1. The highest BCUT2D eigenvalue weighted by atomic mass is 19.1. The highest BCUT2D eigenvalue weighted by Crippen LogP contribution is 2.37. The Morgan fingerprint density at radius 3 is 2.79 bits per heavy atom. The predicted octanol–water partition coefficient (Wildman–Crippen LogP) is 4.89. The maximum Gasteiger partial charge on any atom is 0.230 e. The lowest BCUT2D eigenvalue weighted by Crippen LogP contribution is -2.29. The number of ether oxygens (including phenoxy) is 3. The van der Waals surface area contributed by atoms with Gasteiger partial charge in [-0.1, -0.05) is 0 Å². The normalized spacial score (nSPS) is 15.4. The van der Waals surface area contributed by atoms with E-state index in [0.717, 1.165) is 25.0 Å². The smallest absolute Gasteiger partial charge is 0.230 e. The second-order valence-electron chi connectivity index (χ2n) is 9.53. The van der Waals surface area contributed by atoms with E-state index >= 15 is 4.39 Å². The van der Waals surface area contributed by atoms with Crippen molar-refractivity contribution in [2.45, 2.75) is 45.1 Å². The van der Waals surface area contributed by atoms with E-state index in [2.05, 4.69) is 15.0 Å². The van der Waals surface area contributed by atoms with Crippen LogP contribution in [-0.2, 0) is 4.79 Å². The first-order valence-electron chi connectivity index (χ1n) is 12.8. The Balaban J connectivity index is 1.22. The molecule has 1 atom stereocenters. The van der Waals surface area contributed by atoms with Gasteiger partial charge in [-0.2, -0.15) is 0 Å². The summed E-state index contributed by atoms with van der Waals surface area (Å²) in [4.78, 5) is 25.6. The molecule has 1 saturated heterocycles. The molecule has 1 aliphatic heterocycles. The van der Waals surface area contributed by atoms with Crippen molar-refractivity contribution < 1.29 is 28.5 Å². The monoisotopic (exact) mass is 522 g/mol. The number of carbonyl (C=O) groups is 1. The molecule has 0 radical (unpaired) electrons. The number of halogens is 1. The number of hydrogen-bond acceptors (Lipinski definition) is 7. The zero-order chi connectivity index (χ0) is 26.6. The van der Waals surface area contributed by atoms with Crippen molar-refractivity contribution in [1.82, 2.24) is 19.9 Å². The van der Waals surface area contributed by atoms with Gasteiger partial charge in [0, 0.05) is 42.2 Å². The summed E-state index contributed by atoms with van der Waals surface area (Å²) in [6.45, 7) is 3.40. The molecule has 1 unspecified atom stereocenters. The topological polar surface area (TPSA) is 110 Å². The number of rotatable bonds is 10. The number of aromatic nitrogens is 3. The number of benzene rings is 2. The van der Waals surface area contributed by atoms with Gasteiger partial charge in [-0.25, -0.2) is 14.4 Å². The average molecular weight is 523 g/mol. The van der Waals surface area contributed by atoms with Crippen molar-refractivity contribution >= 4 is 27.7 Å². The fraction of sp³-hybridized carbons (Fsp3) is 0.393. The van der Waals surface area contributed by atoms with Gasteiger partial charge in [-0.15, -0.1) is 0 Å². The van der Waals surface area contributed by atoms with Crippen molar-refractivity contribution in [1.29, 1.82) is 0 Å². The molecule has 2 aromatic carbocycles. The largest absolute Gasteiger partial charge is 0.493 e. The Bertz CT molecular complexity index is 1460. The lowest BCUT2D eigenvalue weighted by Gasteiger charge is -2.15. The first-order valence-corrected chi connectivity index (χ1v) is 12.8. The zero-order valence-corrected chi connectivity index (χ0v) is 21.5. The van der Waals surface area contributed by atoms with E-state index in [9.17, 15) is 9.90 Å². The van der Waals surface area contributed by atoms with Crippen molar-refractivity contribution in [2.75, 3.05) is 26.8 Å². The van der Waals surface area contributed by atoms with E-state index in [1.807, 2.05) is 6.92 Å². The number of likely N-dealkylation sites (tertiary alicyclic amines) is 1. The Labute approximate surface area is 219 Å². The molecule has 0 spiro atoms. The maximum atomic E-state index is 15.1. The van der Waals surface area contributed by atoms with Crippen LogP contribution in [0.4, 0.5) is 4.39 Å². The van der Waals surface area contributed by atoms with Gasteiger partial charge in [0.1, 0.15) is 6.33 Å². The van der Waals surface area contributed by atoms with Crippen LogP contribution in [0.15, 0.2) is 36.7 Å². The van der Waals surface area contributed by atoms with Crippen molar-refractivity contribution in [3.8, 4) is 23.1 Å². The number of β-amino-alcohol motifs (C(OH)–C–C–N with tert-alkyl or cyclic N) is 1. The summed E-state index contributed by atoms with van der Waals surface area (Å²) in [7, 11) is 1.54. The molecular formula is C28H31FN4O5. The number of methoxy groups -OCH3 is 1. The second kappa shape index (κ2) is 11.2. The van der Waals surface area contributed by atoms with E-state index in [-0.39, 0.29) is 17.5 Å². The predicted molar refractivity (Wildman–Crippen MR) is 140 cm³/mol. The Morgan fingerprint density at radius 2 is 2.00 bits per heavy atom. The highest BCUT2D eigenvalue weighted by molar-refractivity contribution is 5.87. The fourth-order valence-electron chi connectivity index (χ4n) is 4.73. The molecule has 1 aliphatic rings. The highest BCUT2D eigenvalue weighted by Gasteiger charge is 2.23. The summed E-state index contributed by atoms with van der Waals surface area (Å²) >= 11 is 0. The molecule has 2 N–H and O–H groups in total. The molecule has 5 rings (SSSR count). The van der Waals surface area contributed by atoms with Crippen LogP contribution < -0.4 is 14.2 Å². The molecule has 3 heterocycles. The average Bonchev–Trinajstić information content (AvgIpc) is 3.52. The standard InChI is InChI=1S/C28H31FN4O5/c1-17-12-19-21(32-17)7-8-23(27(19)29)38-28-20-13-24(36-2)25(14-22(20)30-16-31-28)37-11-5-3-4-6-26(35)33-10-9-18(34)15-33/h7-8,12-14,16,18,32,34H,3-6,9-11,15H2,1-2H3. The molecule has 38 heavy (non-hydrogen) atoms. The van der Waals surface area contributed by atoms with Crippen LogP contribution in [-0.4, -0.2) is 63.8 Å². The minimum atomic E-state index is -0.467. The maximum absolute atomic E-state index is 15.1. The minimum absolute atomic E-state index is 0.0650. The number of nitrogens with zero attached hydrogens (tertiary/aromatic N) is 3. The van der Waals surface area contributed by atoms with Gasteiger partial charge in [0.25, 0.3) is 0 Å². The molecule has 0 bridgehead atoms. The summed E-state index contributed by atoms with van der Waals surface area (Å²) in [5.74, 6) is 0.916. The lowest BCUT2D eigenvalue weighted by atomic mass is 10.2. The van der Waals surface area contributed by atoms with Crippen LogP contribution >= 0.6 is 0 Å². The zero-order valence-electron chi connectivity index (χ0n) is 21.5. The van der Waals surface area contributed by atoms with Crippen molar-refractivity contribution in [2.24, 2.45) is 0 Å². The third-order valence-electron chi connectivity index (χ3n) is 6.74. The summed E-state index contributed by atoms with van der Waals surface area (Å²) in [5, 5.41) is 10.6. The summed E-state index contributed by atoms with van der Waals surface area (Å²) in [6, 6.07) is 8.54. The number of aliphatic hydroxyl groups excluding tert-OH is 1. The van der Waals surface area contributed by atoms with Gasteiger partial charge in [-0.05, 0) is 56.9 Å². The first kappa shape index (κ1) is 25.7. The third-order valence-corrected chi connectivity index (χ3v) is 6.74. The van der Waals surface area contributed by atoms with Gasteiger partial charge in [0.05, 0.1) is 30.7 Å². The van der Waals surface area contributed by atoms with E-state index < -0.39 is 11.9 Å². The van der Waals surface area contributed by atoms with Crippen molar-refractivity contribution in [3.05, 3.63) is 48.2 Å². The molecule has 10 heteroatoms. The second-order valence-corrected chi connectivity index (χ2v) is 9.53.